The fraction of sp³-hybridized carbons (Fsp3) is 0.261. The number of aromatic nitrogens is 1. The Morgan fingerprint density at radius 3 is 2.58 bits per heavy atom. The Hall–Kier alpha value is -2.19. The van der Waals surface area contributed by atoms with E-state index in [2.05, 4.69) is 0 Å². The number of hydrogen-bond acceptors (Lipinski definition) is 5. The fourth-order valence-corrected chi connectivity index (χ4v) is 4.56. The summed E-state index contributed by atoms with van der Waals surface area (Å²) in [6.45, 7) is 0.708. The van der Waals surface area contributed by atoms with Gasteiger partial charge in [-0.2, -0.15) is 0 Å². The molecule has 3 aromatic rings. The molecule has 1 atom stereocenters. The Bertz CT molecular complexity index is 1030. The number of piperidine rings is 1. The van der Waals surface area contributed by atoms with Crippen LogP contribution in [0.2, 0.25) is 0 Å². The summed E-state index contributed by atoms with van der Waals surface area (Å²) < 4.78 is 5.65. The van der Waals surface area contributed by atoms with Crippen LogP contribution in [0.3, 0.4) is 0 Å². The molecule has 156 valence electrons. The molecule has 4 rings (SSSR count). The number of carboxylic acid groups (broad SMARTS) is 1. The molecule has 8 heteroatoms. The number of carbonyl (C=O) groups excluding carboxylic acids is 1. The molecule has 1 aromatic heterocycles. The van der Waals surface area contributed by atoms with Crippen molar-refractivity contribution in [2.24, 2.45) is 0 Å². The first kappa shape index (κ1) is 23.5. The molecule has 1 N–H and O–H groups in total. The van der Waals surface area contributed by atoms with Gasteiger partial charge in [-0.15, -0.1) is 11.3 Å². The zero-order valence-electron chi connectivity index (χ0n) is 18.4. The molecule has 6 nitrogen and oxygen atoms in total. The number of amides is 1. The SMILES string of the molecule is O=C(O)c1ccc(-c2csc([C@H]3CCCCN3C(=O)COc3ccccc3)n2)cc1.[H-].[Na+]. The van der Waals surface area contributed by atoms with Crippen LogP contribution in [0, 0.1) is 0 Å². The van der Waals surface area contributed by atoms with Gasteiger partial charge in [0.25, 0.3) is 5.91 Å². The van der Waals surface area contributed by atoms with E-state index >= 15 is 0 Å². The average Bonchev–Trinajstić information content (AvgIpc) is 3.28. The predicted molar refractivity (Wildman–Crippen MR) is 116 cm³/mol. The second-order valence-electron chi connectivity index (χ2n) is 7.15. The van der Waals surface area contributed by atoms with Crippen molar-refractivity contribution in [2.45, 2.75) is 25.3 Å². The smallest absolute Gasteiger partial charge is 1.00 e. The Balaban J connectivity index is 0.00000181. The third kappa shape index (κ3) is 5.74. The van der Waals surface area contributed by atoms with Gasteiger partial charge in [-0.05, 0) is 43.5 Å². The molecule has 0 bridgehead atoms. The number of carboxylic acids is 1. The minimum Gasteiger partial charge on any atom is -1.00 e. The molecule has 0 unspecified atom stereocenters. The van der Waals surface area contributed by atoms with Crippen molar-refractivity contribution < 1.29 is 50.4 Å². The van der Waals surface area contributed by atoms with Crippen molar-refractivity contribution in [1.29, 1.82) is 0 Å². The van der Waals surface area contributed by atoms with Gasteiger partial charge in [0.1, 0.15) is 10.8 Å². The molecule has 1 aliphatic heterocycles. The molecule has 0 saturated carbocycles. The van der Waals surface area contributed by atoms with E-state index < -0.39 is 5.97 Å². The number of ether oxygens (including phenoxy) is 1. The quantitative estimate of drug-likeness (QED) is 0.584. The number of benzene rings is 2. The second-order valence-corrected chi connectivity index (χ2v) is 8.04. The van der Waals surface area contributed by atoms with Gasteiger partial charge in [-0.3, -0.25) is 4.79 Å². The first-order chi connectivity index (χ1) is 14.6. The molecule has 31 heavy (non-hydrogen) atoms. The first-order valence-corrected chi connectivity index (χ1v) is 10.8. The minimum absolute atomic E-state index is 0. The van der Waals surface area contributed by atoms with Gasteiger partial charge >= 0.3 is 35.5 Å². The first-order valence-electron chi connectivity index (χ1n) is 9.88. The molecule has 1 aliphatic rings. The summed E-state index contributed by atoms with van der Waals surface area (Å²) in [7, 11) is 0. The Morgan fingerprint density at radius 2 is 1.87 bits per heavy atom. The number of likely N-dealkylation sites (tertiary alicyclic amines) is 1. The average molecular weight is 447 g/mol. The van der Waals surface area contributed by atoms with Gasteiger partial charge < -0.3 is 16.2 Å². The summed E-state index contributed by atoms with van der Waals surface area (Å²) in [5, 5.41) is 11.9. The minimum atomic E-state index is -0.949. The van der Waals surface area contributed by atoms with Crippen LogP contribution in [0.1, 0.15) is 42.1 Å². The fourth-order valence-electron chi connectivity index (χ4n) is 3.59. The van der Waals surface area contributed by atoms with Crippen LogP contribution < -0.4 is 34.3 Å². The van der Waals surface area contributed by atoms with E-state index in [-0.39, 0.29) is 55.1 Å². The van der Waals surface area contributed by atoms with Crippen molar-refractivity contribution in [3.63, 3.8) is 0 Å². The van der Waals surface area contributed by atoms with E-state index in [0.717, 1.165) is 35.5 Å². The van der Waals surface area contributed by atoms with Crippen LogP contribution in [0.5, 0.6) is 5.75 Å². The van der Waals surface area contributed by atoms with Crippen LogP contribution in [0.15, 0.2) is 60.0 Å². The van der Waals surface area contributed by atoms with E-state index in [1.165, 1.54) is 11.3 Å². The molecule has 0 aliphatic carbocycles. The number of para-hydroxylation sites is 1. The van der Waals surface area contributed by atoms with Crippen LogP contribution >= 0.6 is 11.3 Å². The molecular weight excluding hydrogens is 423 g/mol. The summed E-state index contributed by atoms with van der Waals surface area (Å²) in [5.74, 6) is -0.304. The third-order valence-electron chi connectivity index (χ3n) is 5.16. The van der Waals surface area contributed by atoms with E-state index in [4.69, 9.17) is 14.8 Å². The summed E-state index contributed by atoms with van der Waals surface area (Å²) in [4.78, 5) is 30.5. The van der Waals surface area contributed by atoms with E-state index in [1.54, 1.807) is 24.3 Å². The van der Waals surface area contributed by atoms with E-state index in [0.29, 0.717) is 12.3 Å². The summed E-state index contributed by atoms with van der Waals surface area (Å²) >= 11 is 1.53. The molecular formula is C23H23N2NaO4S. The number of rotatable bonds is 6. The van der Waals surface area contributed by atoms with Crippen LogP contribution in [-0.2, 0) is 4.79 Å². The zero-order chi connectivity index (χ0) is 20.9. The van der Waals surface area contributed by atoms with E-state index in [9.17, 15) is 9.59 Å². The summed E-state index contributed by atoms with van der Waals surface area (Å²) in [6, 6.07) is 16.0. The number of nitrogens with zero attached hydrogens (tertiary/aromatic N) is 2. The molecule has 2 aromatic carbocycles. The third-order valence-corrected chi connectivity index (χ3v) is 6.11. The van der Waals surface area contributed by atoms with Gasteiger partial charge in [-0.1, -0.05) is 30.3 Å². The predicted octanol–water partition coefficient (Wildman–Crippen LogP) is 1.76. The number of hydrogen-bond donors (Lipinski definition) is 1. The molecule has 1 fully saturated rings. The Morgan fingerprint density at radius 1 is 1.13 bits per heavy atom. The van der Waals surface area contributed by atoms with Gasteiger partial charge in [0, 0.05) is 17.5 Å². The van der Waals surface area contributed by atoms with Crippen molar-refractivity contribution in [3.8, 4) is 17.0 Å². The zero-order valence-corrected chi connectivity index (χ0v) is 20.2. The second kappa shape index (κ2) is 10.9. The normalized spacial score (nSPS) is 15.7. The number of thiazole rings is 1. The monoisotopic (exact) mass is 446 g/mol. The summed E-state index contributed by atoms with van der Waals surface area (Å²) in [5.41, 5.74) is 1.91. The number of aromatic carboxylic acids is 1. The Kier molecular flexibility index (Phi) is 8.26. The summed E-state index contributed by atoms with van der Waals surface area (Å²) in [6.07, 6.45) is 2.90. The van der Waals surface area contributed by atoms with Crippen LogP contribution in [0.25, 0.3) is 11.3 Å². The van der Waals surface area contributed by atoms with Gasteiger partial charge in [0.2, 0.25) is 0 Å². The van der Waals surface area contributed by atoms with Crippen molar-refractivity contribution >= 4 is 23.2 Å². The molecule has 2 heterocycles. The number of carbonyl (C=O) groups is 2. The maximum Gasteiger partial charge on any atom is 1.00 e. The topological polar surface area (TPSA) is 79.7 Å². The molecule has 1 saturated heterocycles. The molecule has 0 radical (unpaired) electrons. The maximum atomic E-state index is 12.9. The van der Waals surface area contributed by atoms with Gasteiger partial charge in [-0.25, -0.2) is 9.78 Å². The standard InChI is InChI=1S/C23H22N2O4S.Na.H/c26-21(14-29-18-6-2-1-3-7-18)25-13-5-4-8-20(25)22-24-19(15-30-22)16-9-11-17(12-10-16)23(27)28;;/h1-3,6-7,9-12,15,20H,4-5,8,13-14H2,(H,27,28);;/q;+1;-1/t20-;;/m1../s1. The van der Waals surface area contributed by atoms with Crippen LogP contribution in [-0.4, -0.2) is 40.0 Å². The van der Waals surface area contributed by atoms with Crippen LogP contribution in [0.4, 0.5) is 0 Å². The van der Waals surface area contributed by atoms with Gasteiger partial charge in [0.15, 0.2) is 6.61 Å². The molecule has 1 amide bonds. The Labute approximate surface area is 208 Å². The van der Waals surface area contributed by atoms with Crippen molar-refractivity contribution in [1.82, 2.24) is 9.88 Å². The van der Waals surface area contributed by atoms with E-state index in [1.807, 2.05) is 40.6 Å². The largest absolute Gasteiger partial charge is 1.00 e. The van der Waals surface area contributed by atoms with Crippen molar-refractivity contribution in [2.75, 3.05) is 13.2 Å². The van der Waals surface area contributed by atoms with Gasteiger partial charge in [0.05, 0.1) is 17.3 Å². The maximum absolute atomic E-state index is 12.9. The molecule has 0 spiro atoms. The van der Waals surface area contributed by atoms with Crippen molar-refractivity contribution in [3.05, 3.63) is 70.5 Å².